The van der Waals surface area contributed by atoms with Crippen molar-refractivity contribution in [2.45, 2.75) is 18.9 Å². The molecule has 2 rings (SSSR count). The van der Waals surface area contributed by atoms with Gasteiger partial charge in [-0.05, 0) is 53.6 Å². The van der Waals surface area contributed by atoms with E-state index in [1.807, 2.05) is 6.07 Å². The number of benzene rings is 1. The number of hydrogen-bond acceptors (Lipinski definition) is 2. The monoisotopic (exact) mass is 365 g/mol. The maximum absolute atomic E-state index is 12.3. The third-order valence-corrected chi connectivity index (χ3v) is 3.92. The van der Waals surface area contributed by atoms with Gasteiger partial charge in [0.2, 0.25) is 0 Å². The Morgan fingerprint density at radius 1 is 1.53 bits per heavy atom. The molecule has 92 valence electrons. The van der Waals surface area contributed by atoms with E-state index in [9.17, 15) is 4.79 Å². The normalized spacial score (nSPS) is 14.8. The van der Waals surface area contributed by atoms with E-state index in [1.54, 1.807) is 17.0 Å². The van der Waals surface area contributed by atoms with Gasteiger partial charge in [-0.25, -0.2) is 0 Å². The van der Waals surface area contributed by atoms with Gasteiger partial charge in [0.15, 0.2) is 0 Å². The van der Waals surface area contributed by atoms with Gasteiger partial charge in [0.25, 0.3) is 5.91 Å². The van der Waals surface area contributed by atoms with Gasteiger partial charge in [-0.1, -0.05) is 11.6 Å². The Hall–Kier alpha value is -0.330. The maximum Gasteiger partial charge on any atom is 0.255 e. The molecule has 5 heteroatoms. The molecule has 0 aromatic heterocycles. The lowest BCUT2D eigenvalue weighted by molar-refractivity contribution is 0.0706. The highest BCUT2D eigenvalue weighted by Gasteiger charge is 2.33. The second-order valence-electron chi connectivity index (χ2n) is 4.08. The molecular weight excluding hydrogens is 352 g/mol. The molecule has 1 fully saturated rings. The van der Waals surface area contributed by atoms with Crippen LogP contribution in [0.1, 0.15) is 23.2 Å². The van der Waals surface area contributed by atoms with E-state index in [0.29, 0.717) is 23.2 Å². The average molecular weight is 366 g/mol. The van der Waals surface area contributed by atoms with Gasteiger partial charge in [0.1, 0.15) is 0 Å². The Morgan fingerprint density at radius 2 is 2.24 bits per heavy atom. The number of nitrogens with zero attached hydrogens (tertiary/aromatic N) is 1. The number of amides is 1. The first-order valence-corrected chi connectivity index (χ1v) is 6.96. The van der Waals surface area contributed by atoms with Crippen LogP contribution in [0.3, 0.4) is 0 Å². The summed E-state index contributed by atoms with van der Waals surface area (Å²) in [5.74, 6) is -0.0338. The maximum atomic E-state index is 12.3. The minimum Gasteiger partial charge on any atom is -0.395 e. The number of aliphatic hydroxyl groups is 1. The molecule has 1 saturated carbocycles. The summed E-state index contributed by atoms with van der Waals surface area (Å²) < 4.78 is 0.889. The summed E-state index contributed by atoms with van der Waals surface area (Å²) in [6.07, 6.45) is 2.06. The van der Waals surface area contributed by atoms with Crippen LogP contribution in [0.4, 0.5) is 0 Å². The molecule has 1 aliphatic rings. The van der Waals surface area contributed by atoms with Gasteiger partial charge in [0, 0.05) is 21.2 Å². The lowest BCUT2D eigenvalue weighted by Gasteiger charge is -2.22. The van der Waals surface area contributed by atoms with Gasteiger partial charge in [0.05, 0.1) is 12.2 Å². The molecule has 0 unspecified atom stereocenters. The summed E-state index contributed by atoms with van der Waals surface area (Å²) in [4.78, 5) is 14.1. The van der Waals surface area contributed by atoms with Crippen molar-refractivity contribution in [3.8, 4) is 0 Å². The number of rotatable bonds is 4. The van der Waals surface area contributed by atoms with Crippen LogP contribution >= 0.6 is 34.2 Å². The summed E-state index contributed by atoms with van der Waals surface area (Å²) in [6, 6.07) is 5.59. The fourth-order valence-electron chi connectivity index (χ4n) is 1.76. The topological polar surface area (TPSA) is 40.5 Å². The lowest BCUT2D eigenvalue weighted by atomic mass is 10.2. The first kappa shape index (κ1) is 13.1. The first-order chi connectivity index (χ1) is 8.13. The molecule has 1 amide bonds. The molecule has 3 nitrogen and oxygen atoms in total. The van der Waals surface area contributed by atoms with Gasteiger partial charge in [-0.15, -0.1) is 0 Å². The number of carbonyl (C=O) groups is 1. The van der Waals surface area contributed by atoms with Gasteiger partial charge in [-0.2, -0.15) is 0 Å². The Bertz CT molecular complexity index is 435. The SMILES string of the molecule is O=C(c1cc(Cl)ccc1I)N(CCO)C1CC1. The fourth-order valence-corrected chi connectivity index (χ4v) is 2.50. The summed E-state index contributed by atoms with van der Waals surface area (Å²) in [5.41, 5.74) is 0.624. The van der Waals surface area contributed by atoms with Crippen molar-refractivity contribution in [1.82, 2.24) is 4.90 Å². The van der Waals surface area contributed by atoms with Crippen molar-refractivity contribution in [1.29, 1.82) is 0 Å². The van der Waals surface area contributed by atoms with Crippen molar-refractivity contribution in [2.75, 3.05) is 13.2 Å². The summed E-state index contributed by atoms with van der Waals surface area (Å²) in [7, 11) is 0. The van der Waals surface area contributed by atoms with Crippen LogP contribution in [0.2, 0.25) is 5.02 Å². The van der Waals surface area contributed by atoms with Crippen LogP contribution in [0.5, 0.6) is 0 Å². The number of carbonyl (C=O) groups excluding carboxylic acids is 1. The third kappa shape index (κ3) is 3.11. The predicted molar refractivity (Wildman–Crippen MR) is 75.3 cm³/mol. The highest BCUT2D eigenvalue weighted by Crippen LogP contribution is 2.29. The Balaban J connectivity index is 2.24. The smallest absolute Gasteiger partial charge is 0.255 e. The third-order valence-electron chi connectivity index (χ3n) is 2.75. The van der Waals surface area contributed by atoms with Crippen molar-refractivity contribution in [3.63, 3.8) is 0 Å². The van der Waals surface area contributed by atoms with E-state index < -0.39 is 0 Å². The van der Waals surface area contributed by atoms with Gasteiger partial charge >= 0.3 is 0 Å². The molecule has 0 saturated heterocycles. The zero-order valence-corrected chi connectivity index (χ0v) is 12.1. The first-order valence-electron chi connectivity index (χ1n) is 5.50. The molecular formula is C12H13ClINO2. The highest BCUT2D eigenvalue weighted by molar-refractivity contribution is 14.1. The van der Waals surface area contributed by atoms with E-state index in [0.717, 1.165) is 16.4 Å². The number of halogens is 2. The van der Waals surface area contributed by atoms with Crippen LogP contribution < -0.4 is 0 Å². The second-order valence-corrected chi connectivity index (χ2v) is 5.68. The van der Waals surface area contributed by atoms with Crippen LogP contribution in [0.15, 0.2) is 18.2 Å². The largest absolute Gasteiger partial charge is 0.395 e. The summed E-state index contributed by atoms with van der Waals surface area (Å²) in [5, 5.41) is 9.57. The Labute approximate surface area is 119 Å². The zero-order chi connectivity index (χ0) is 12.4. The van der Waals surface area contributed by atoms with Crippen molar-refractivity contribution < 1.29 is 9.90 Å². The Kier molecular flexibility index (Phi) is 4.27. The van der Waals surface area contributed by atoms with E-state index in [1.165, 1.54) is 0 Å². The van der Waals surface area contributed by atoms with E-state index in [-0.39, 0.29) is 12.5 Å². The van der Waals surface area contributed by atoms with Crippen LogP contribution in [-0.2, 0) is 0 Å². The molecule has 0 atom stereocenters. The summed E-state index contributed by atoms with van der Waals surface area (Å²) >= 11 is 8.04. The van der Waals surface area contributed by atoms with E-state index >= 15 is 0 Å². The van der Waals surface area contributed by atoms with Gasteiger partial charge < -0.3 is 10.0 Å². The molecule has 0 heterocycles. The molecule has 1 aliphatic carbocycles. The van der Waals surface area contributed by atoms with Crippen LogP contribution in [-0.4, -0.2) is 35.1 Å². The van der Waals surface area contributed by atoms with Crippen LogP contribution in [0.25, 0.3) is 0 Å². The van der Waals surface area contributed by atoms with Crippen molar-refractivity contribution in [3.05, 3.63) is 32.4 Å². The van der Waals surface area contributed by atoms with Crippen LogP contribution in [0, 0.1) is 3.57 Å². The van der Waals surface area contributed by atoms with Crippen molar-refractivity contribution >= 4 is 40.1 Å². The standard InChI is InChI=1S/C12H13ClINO2/c13-8-1-4-11(14)10(7-8)12(17)15(5-6-16)9-2-3-9/h1,4,7,9,16H,2-3,5-6H2. The van der Waals surface area contributed by atoms with Gasteiger partial charge in [-0.3, -0.25) is 4.79 Å². The summed E-state index contributed by atoms with van der Waals surface area (Å²) in [6.45, 7) is 0.394. The lowest BCUT2D eigenvalue weighted by Crippen LogP contribution is -2.35. The Morgan fingerprint density at radius 3 is 2.82 bits per heavy atom. The minimum atomic E-state index is -0.0338. The minimum absolute atomic E-state index is 0.000610. The predicted octanol–water partition coefficient (Wildman–Crippen LogP) is 2.54. The quantitative estimate of drug-likeness (QED) is 0.833. The number of hydrogen-bond donors (Lipinski definition) is 1. The molecule has 0 spiro atoms. The molecule has 0 radical (unpaired) electrons. The average Bonchev–Trinajstić information content (AvgIpc) is 3.12. The van der Waals surface area contributed by atoms with E-state index in [4.69, 9.17) is 16.7 Å². The fraction of sp³-hybridized carbons (Fsp3) is 0.417. The molecule has 1 aromatic rings. The second kappa shape index (κ2) is 5.54. The zero-order valence-electron chi connectivity index (χ0n) is 9.20. The highest BCUT2D eigenvalue weighted by atomic mass is 127. The molecule has 0 bridgehead atoms. The molecule has 1 N–H and O–H groups in total. The molecule has 1 aromatic carbocycles. The number of aliphatic hydroxyl groups excluding tert-OH is 1. The molecule has 17 heavy (non-hydrogen) atoms. The molecule has 0 aliphatic heterocycles. The van der Waals surface area contributed by atoms with Crippen molar-refractivity contribution in [2.24, 2.45) is 0 Å². The van der Waals surface area contributed by atoms with E-state index in [2.05, 4.69) is 22.6 Å².